The van der Waals surface area contributed by atoms with Gasteiger partial charge in [-0.15, -0.1) is 0 Å². The zero-order valence-electron chi connectivity index (χ0n) is 15.1. The molecule has 3 rings (SSSR count). The average Bonchev–Trinajstić information content (AvgIpc) is 2.58. The maximum atomic E-state index is 12.6. The van der Waals surface area contributed by atoms with Crippen LogP contribution >= 0.6 is 0 Å². The molecule has 1 amide bonds. The van der Waals surface area contributed by atoms with Gasteiger partial charge < -0.3 is 10.1 Å². The van der Waals surface area contributed by atoms with E-state index in [1.807, 2.05) is 44.2 Å². The lowest BCUT2D eigenvalue weighted by atomic mass is 9.53. The zero-order valence-corrected chi connectivity index (χ0v) is 15.1. The Morgan fingerprint density at radius 2 is 2.00 bits per heavy atom. The molecule has 0 spiro atoms. The van der Waals surface area contributed by atoms with E-state index in [1.165, 1.54) is 0 Å². The molecule has 1 fully saturated rings. The van der Waals surface area contributed by atoms with Gasteiger partial charge in [0.15, 0.2) is 0 Å². The molecule has 0 unspecified atom stereocenters. The Hall–Kier alpha value is -2.43. The van der Waals surface area contributed by atoms with Crippen molar-refractivity contribution >= 4 is 22.6 Å². The molecular weight excluding hydrogens is 316 g/mol. The van der Waals surface area contributed by atoms with Gasteiger partial charge >= 0.3 is 0 Å². The molecule has 1 N–H and O–H groups in total. The van der Waals surface area contributed by atoms with Crippen molar-refractivity contribution in [1.29, 1.82) is 0 Å². The molecule has 0 radical (unpaired) electrons. The summed E-state index contributed by atoms with van der Waals surface area (Å²) in [5.74, 6) is 0.548. The number of carbonyl (C=O) groups is 2. The highest BCUT2D eigenvalue weighted by molar-refractivity contribution is 5.88. The van der Waals surface area contributed by atoms with Crippen LogP contribution < -0.4 is 10.1 Å². The third-order valence-corrected chi connectivity index (χ3v) is 5.52. The summed E-state index contributed by atoms with van der Waals surface area (Å²) < 4.78 is 5.26. The number of nitrogens with one attached hydrogen (secondary N) is 1. The van der Waals surface area contributed by atoms with E-state index in [9.17, 15) is 9.59 Å². The summed E-state index contributed by atoms with van der Waals surface area (Å²) in [7, 11) is 1.58. The van der Waals surface area contributed by atoms with Gasteiger partial charge in [0, 0.05) is 29.8 Å². The fourth-order valence-corrected chi connectivity index (χ4v) is 3.84. The Morgan fingerprint density at radius 3 is 2.64 bits per heavy atom. The smallest absolute Gasteiger partial charge is 0.223 e. The SMILES string of the molecule is COc1cc(CNC(=O)[C@H]2C[C@@H](C(C)=O)C2(C)C)c2ccccc2n1. The van der Waals surface area contributed by atoms with E-state index in [0.717, 1.165) is 16.5 Å². The second-order valence-electron chi connectivity index (χ2n) is 7.33. The minimum Gasteiger partial charge on any atom is -0.481 e. The topological polar surface area (TPSA) is 68.3 Å². The molecule has 25 heavy (non-hydrogen) atoms. The first-order chi connectivity index (χ1) is 11.8. The number of hydrogen-bond donors (Lipinski definition) is 1. The first-order valence-corrected chi connectivity index (χ1v) is 8.55. The van der Waals surface area contributed by atoms with Crippen LogP contribution in [0, 0.1) is 17.3 Å². The van der Waals surface area contributed by atoms with Crippen molar-refractivity contribution in [1.82, 2.24) is 10.3 Å². The lowest BCUT2D eigenvalue weighted by molar-refractivity contribution is -0.148. The number of ketones is 1. The van der Waals surface area contributed by atoms with Gasteiger partial charge in [0.1, 0.15) is 5.78 Å². The summed E-state index contributed by atoms with van der Waals surface area (Å²) in [6.45, 7) is 6.01. The van der Waals surface area contributed by atoms with Crippen LogP contribution in [0.1, 0.15) is 32.8 Å². The van der Waals surface area contributed by atoms with Crippen molar-refractivity contribution in [3.8, 4) is 5.88 Å². The van der Waals surface area contributed by atoms with Crippen molar-refractivity contribution in [2.24, 2.45) is 17.3 Å². The van der Waals surface area contributed by atoms with Crippen LogP contribution in [0.5, 0.6) is 5.88 Å². The van der Waals surface area contributed by atoms with Gasteiger partial charge in [-0.2, -0.15) is 0 Å². The van der Waals surface area contributed by atoms with Crippen molar-refractivity contribution in [2.75, 3.05) is 7.11 Å². The van der Waals surface area contributed by atoms with Gasteiger partial charge in [0.05, 0.1) is 12.6 Å². The highest BCUT2D eigenvalue weighted by Crippen LogP contribution is 2.51. The molecule has 5 heteroatoms. The maximum absolute atomic E-state index is 12.6. The van der Waals surface area contributed by atoms with Gasteiger partial charge in [-0.05, 0) is 30.4 Å². The molecule has 1 aromatic heterocycles. The number of Topliss-reactive ketones (excluding diaryl/α,β-unsaturated/α-hetero) is 1. The van der Waals surface area contributed by atoms with E-state index in [2.05, 4.69) is 10.3 Å². The summed E-state index contributed by atoms with van der Waals surface area (Å²) in [5, 5.41) is 4.02. The fourth-order valence-electron chi connectivity index (χ4n) is 3.84. The standard InChI is InChI=1S/C20H24N2O3/c1-12(23)15-10-16(20(15,2)3)19(24)21-11-13-9-18(25-4)22-17-8-6-5-7-14(13)17/h5-9,15-16H,10-11H2,1-4H3,(H,21,24)/t15-,16+/m0/s1. The predicted octanol–water partition coefficient (Wildman–Crippen LogP) is 3.11. The monoisotopic (exact) mass is 340 g/mol. The molecule has 1 saturated carbocycles. The van der Waals surface area contributed by atoms with Crippen LogP contribution in [-0.2, 0) is 16.1 Å². The molecule has 1 heterocycles. The first kappa shape index (κ1) is 17.4. The number of ether oxygens (including phenoxy) is 1. The molecule has 132 valence electrons. The Balaban J connectivity index is 1.75. The number of amides is 1. The predicted molar refractivity (Wildman–Crippen MR) is 96.2 cm³/mol. The summed E-state index contributed by atoms with van der Waals surface area (Å²) in [6, 6.07) is 9.65. The number of methoxy groups -OCH3 is 1. The second kappa shape index (κ2) is 6.47. The minimum absolute atomic E-state index is 0.00219. The van der Waals surface area contributed by atoms with Crippen LogP contribution in [0.2, 0.25) is 0 Å². The third-order valence-electron chi connectivity index (χ3n) is 5.52. The normalized spacial score (nSPS) is 21.4. The molecule has 2 atom stereocenters. The lowest BCUT2D eigenvalue weighted by Gasteiger charge is -2.49. The zero-order chi connectivity index (χ0) is 18.2. The third kappa shape index (κ3) is 3.11. The second-order valence-corrected chi connectivity index (χ2v) is 7.33. The summed E-state index contributed by atoms with van der Waals surface area (Å²) in [6.07, 6.45) is 0.634. The van der Waals surface area contributed by atoms with E-state index in [-0.39, 0.29) is 28.9 Å². The van der Waals surface area contributed by atoms with E-state index in [1.54, 1.807) is 14.0 Å². The van der Waals surface area contributed by atoms with Gasteiger partial charge in [-0.3, -0.25) is 9.59 Å². The van der Waals surface area contributed by atoms with Crippen molar-refractivity contribution in [2.45, 2.75) is 33.7 Å². The van der Waals surface area contributed by atoms with Crippen LogP contribution in [0.3, 0.4) is 0 Å². The van der Waals surface area contributed by atoms with Gasteiger partial charge in [0.25, 0.3) is 0 Å². The molecule has 1 aromatic carbocycles. The lowest BCUT2D eigenvalue weighted by Crippen LogP contribution is -2.54. The van der Waals surface area contributed by atoms with Crippen molar-refractivity contribution in [3.05, 3.63) is 35.9 Å². The number of hydrogen-bond acceptors (Lipinski definition) is 4. The molecule has 5 nitrogen and oxygen atoms in total. The molecule has 0 saturated heterocycles. The van der Waals surface area contributed by atoms with Crippen molar-refractivity contribution < 1.29 is 14.3 Å². The van der Waals surface area contributed by atoms with E-state index in [0.29, 0.717) is 18.8 Å². The van der Waals surface area contributed by atoms with E-state index >= 15 is 0 Å². The fraction of sp³-hybridized carbons (Fsp3) is 0.450. The molecule has 0 aliphatic heterocycles. The van der Waals surface area contributed by atoms with E-state index < -0.39 is 0 Å². The van der Waals surface area contributed by atoms with Gasteiger partial charge in [-0.1, -0.05) is 32.0 Å². The number of fused-ring (bicyclic) bond motifs is 1. The number of benzene rings is 1. The van der Waals surface area contributed by atoms with Crippen LogP contribution in [-0.4, -0.2) is 23.8 Å². The quantitative estimate of drug-likeness (QED) is 0.908. The van der Waals surface area contributed by atoms with Crippen LogP contribution in [0.4, 0.5) is 0 Å². The Kier molecular flexibility index (Phi) is 4.50. The van der Waals surface area contributed by atoms with Gasteiger partial charge in [-0.25, -0.2) is 4.98 Å². The summed E-state index contributed by atoms with van der Waals surface area (Å²) in [5.41, 5.74) is 1.52. The van der Waals surface area contributed by atoms with Crippen molar-refractivity contribution in [3.63, 3.8) is 0 Å². The number of carbonyl (C=O) groups excluding carboxylic acids is 2. The number of rotatable bonds is 5. The molecule has 2 aromatic rings. The summed E-state index contributed by atoms with van der Waals surface area (Å²) >= 11 is 0. The van der Waals surface area contributed by atoms with Gasteiger partial charge in [0.2, 0.25) is 11.8 Å². The van der Waals surface area contributed by atoms with Crippen LogP contribution in [0.25, 0.3) is 10.9 Å². The van der Waals surface area contributed by atoms with E-state index in [4.69, 9.17) is 4.74 Å². The highest BCUT2D eigenvalue weighted by atomic mass is 16.5. The number of nitrogens with zero attached hydrogens (tertiary/aromatic N) is 1. The Labute approximate surface area is 147 Å². The minimum atomic E-state index is -0.284. The number of aromatic nitrogens is 1. The van der Waals surface area contributed by atoms with Crippen LogP contribution in [0.15, 0.2) is 30.3 Å². The molecule has 0 bridgehead atoms. The largest absolute Gasteiger partial charge is 0.481 e. The Bertz CT molecular complexity index is 829. The first-order valence-electron chi connectivity index (χ1n) is 8.55. The highest BCUT2D eigenvalue weighted by Gasteiger charge is 2.53. The molecular formula is C20H24N2O3. The number of para-hydroxylation sites is 1. The Morgan fingerprint density at radius 1 is 1.28 bits per heavy atom. The molecule has 1 aliphatic rings. The molecule has 1 aliphatic carbocycles. The average molecular weight is 340 g/mol. The number of pyridine rings is 1. The maximum Gasteiger partial charge on any atom is 0.223 e. The summed E-state index contributed by atoms with van der Waals surface area (Å²) in [4.78, 5) is 28.7.